The highest BCUT2D eigenvalue weighted by atomic mass is 79.9. The molecule has 1 amide bonds. The molecule has 0 unspecified atom stereocenters. The maximum Gasteiger partial charge on any atom is 0.256 e. The fourth-order valence-corrected chi connectivity index (χ4v) is 2.77. The average Bonchev–Trinajstić information content (AvgIpc) is 3.08. The van der Waals surface area contributed by atoms with Gasteiger partial charge in [-0.25, -0.2) is 4.98 Å². The maximum absolute atomic E-state index is 12.1. The Bertz CT molecular complexity index is 467. The van der Waals surface area contributed by atoms with Crippen LogP contribution in [0.25, 0.3) is 0 Å². The number of carbonyl (C=O) groups is 1. The van der Waals surface area contributed by atoms with Gasteiger partial charge in [0.2, 0.25) is 0 Å². The van der Waals surface area contributed by atoms with E-state index in [9.17, 15) is 9.90 Å². The van der Waals surface area contributed by atoms with Gasteiger partial charge in [0.1, 0.15) is 10.2 Å². The van der Waals surface area contributed by atoms with Crippen molar-refractivity contribution in [2.75, 3.05) is 13.1 Å². The lowest BCUT2D eigenvalue weighted by atomic mass is 9.88. The van der Waals surface area contributed by atoms with Crippen molar-refractivity contribution in [2.24, 2.45) is 5.92 Å². The number of halogens is 1. The third kappa shape index (κ3) is 1.87. The quantitative estimate of drug-likeness (QED) is 0.840. The highest BCUT2D eigenvalue weighted by Gasteiger charge is 2.53. The first-order chi connectivity index (χ1) is 8.10. The molecule has 5 heteroatoms. The lowest BCUT2D eigenvalue weighted by molar-refractivity contribution is -0.0958. The summed E-state index contributed by atoms with van der Waals surface area (Å²) in [5, 5.41) is 10.2. The molecule has 0 spiro atoms. The van der Waals surface area contributed by atoms with Crippen LogP contribution in [-0.2, 0) is 0 Å². The third-order valence-corrected chi connectivity index (χ3v) is 4.18. The molecular formula is C12H13BrN2O2. The molecule has 1 aromatic rings. The molecule has 2 aliphatic rings. The second-order valence-electron chi connectivity index (χ2n) is 4.88. The molecule has 17 heavy (non-hydrogen) atoms. The lowest BCUT2D eigenvalue weighted by Crippen LogP contribution is -2.64. The van der Waals surface area contributed by atoms with Crippen molar-refractivity contribution in [1.82, 2.24) is 9.88 Å². The first-order valence-electron chi connectivity index (χ1n) is 5.72. The van der Waals surface area contributed by atoms with Gasteiger partial charge in [-0.3, -0.25) is 4.79 Å². The number of hydrogen-bond acceptors (Lipinski definition) is 3. The maximum atomic E-state index is 12.1. The molecule has 90 valence electrons. The van der Waals surface area contributed by atoms with Crippen molar-refractivity contribution in [1.29, 1.82) is 0 Å². The molecule has 1 N–H and O–H groups in total. The van der Waals surface area contributed by atoms with Crippen LogP contribution in [-0.4, -0.2) is 39.6 Å². The van der Waals surface area contributed by atoms with E-state index in [4.69, 9.17) is 0 Å². The molecule has 0 bridgehead atoms. The Morgan fingerprint density at radius 1 is 1.53 bits per heavy atom. The van der Waals surface area contributed by atoms with E-state index < -0.39 is 5.60 Å². The molecule has 1 aromatic heterocycles. The minimum atomic E-state index is -0.621. The normalized spacial score (nSPS) is 22.1. The lowest BCUT2D eigenvalue weighted by Gasteiger charge is -2.47. The first-order valence-corrected chi connectivity index (χ1v) is 6.52. The smallest absolute Gasteiger partial charge is 0.256 e. The molecule has 0 atom stereocenters. The summed E-state index contributed by atoms with van der Waals surface area (Å²) in [6, 6.07) is 3.48. The minimum Gasteiger partial charge on any atom is -0.386 e. The van der Waals surface area contributed by atoms with Gasteiger partial charge in [0, 0.05) is 6.20 Å². The fraction of sp³-hybridized carbons (Fsp3) is 0.500. The highest BCUT2D eigenvalue weighted by molar-refractivity contribution is 9.10. The van der Waals surface area contributed by atoms with Gasteiger partial charge in [0.05, 0.1) is 18.7 Å². The summed E-state index contributed by atoms with van der Waals surface area (Å²) in [6.45, 7) is 0.912. The number of β-amino-alcohol motifs (C(OH)–C–C–N with tert-alkyl or cyclic N) is 1. The predicted molar refractivity (Wildman–Crippen MR) is 65.5 cm³/mol. The van der Waals surface area contributed by atoms with Crippen LogP contribution in [0.5, 0.6) is 0 Å². The molecule has 4 nitrogen and oxygen atoms in total. The monoisotopic (exact) mass is 296 g/mol. The predicted octanol–water partition coefficient (Wildman–Crippen LogP) is 1.44. The van der Waals surface area contributed by atoms with E-state index in [-0.39, 0.29) is 5.91 Å². The number of nitrogens with zero attached hydrogens (tertiary/aromatic N) is 2. The summed E-state index contributed by atoms with van der Waals surface area (Å²) < 4.78 is 0.562. The van der Waals surface area contributed by atoms with Crippen molar-refractivity contribution >= 4 is 21.8 Å². The van der Waals surface area contributed by atoms with E-state index in [1.807, 2.05) is 0 Å². The number of pyridine rings is 1. The largest absolute Gasteiger partial charge is 0.386 e. The number of aromatic nitrogens is 1. The van der Waals surface area contributed by atoms with Crippen molar-refractivity contribution in [3.8, 4) is 0 Å². The van der Waals surface area contributed by atoms with E-state index in [1.54, 1.807) is 23.2 Å². The molecule has 2 heterocycles. The molecule has 1 saturated carbocycles. The number of likely N-dealkylation sites (tertiary alicyclic amines) is 1. The SMILES string of the molecule is O=C(c1cccnc1Br)N1CC(O)(C2CC2)C1. The Hall–Kier alpha value is -0.940. The van der Waals surface area contributed by atoms with Crippen LogP contribution < -0.4 is 0 Å². The average molecular weight is 297 g/mol. The van der Waals surface area contributed by atoms with Gasteiger partial charge in [0.25, 0.3) is 5.91 Å². The topological polar surface area (TPSA) is 53.4 Å². The van der Waals surface area contributed by atoms with Gasteiger partial charge in [0.15, 0.2) is 0 Å². The number of hydrogen-bond donors (Lipinski definition) is 1. The number of rotatable bonds is 2. The van der Waals surface area contributed by atoms with Crippen molar-refractivity contribution in [2.45, 2.75) is 18.4 Å². The number of amides is 1. The molecule has 0 aromatic carbocycles. The van der Waals surface area contributed by atoms with E-state index in [0.717, 1.165) is 12.8 Å². The van der Waals surface area contributed by atoms with Crippen molar-refractivity contribution < 1.29 is 9.90 Å². The molecule has 1 aliphatic heterocycles. The van der Waals surface area contributed by atoms with Crippen LogP contribution in [0, 0.1) is 5.92 Å². The van der Waals surface area contributed by atoms with Gasteiger partial charge < -0.3 is 10.0 Å². The van der Waals surface area contributed by atoms with E-state index >= 15 is 0 Å². The second kappa shape index (κ2) is 3.78. The van der Waals surface area contributed by atoms with Gasteiger partial charge in [-0.05, 0) is 46.8 Å². The molecular weight excluding hydrogens is 284 g/mol. The molecule has 2 fully saturated rings. The Labute approximate surface area is 108 Å². The molecule has 1 saturated heterocycles. The Morgan fingerprint density at radius 3 is 2.82 bits per heavy atom. The summed E-state index contributed by atoms with van der Waals surface area (Å²) in [5.41, 5.74) is -0.0602. The Morgan fingerprint density at radius 2 is 2.24 bits per heavy atom. The number of aliphatic hydroxyl groups is 1. The van der Waals surface area contributed by atoms with E-state index in [2.05, 4.69) is 20.9 Å². The summed E-state index contributed by atoms with van der Waals surface area (Å²) in [5.74, 6) is 0.346. The second-order valence-corrected chi connectivity index (χ2v) is 5.63. The third-order valence-electron chi connectivity index (χ3n) is 3.54. The van der Waals surface area contributed by atoms with Crippen LogP contribution in [0.15, 0.2) is 22.9 Å². The first kappa shape index (κ1) is 11.2. The van der Waals surface area contributed by atoms with Crippen LogP contribution in [0.3, 0.4) is 0 Å². The summed E-state index contributed by atoms with van der Waals surface area (Å²) in [7, 11) is 0. The number of carbonyl (C=O) groups excluding carboxylic acids is 1. The van der Waals surface area contributed by atoms with Gasteiger partial charge in [-0.1, -0.05) is 0 Å². The van der Waals surface area contributed by atoms with Gasteiger partial charge in [-0.2, -0.15) is 0 Å². The summed E-state index contributed by atoms with van der Waals surface area (Å²) in [6.07, 6.45) is 3.82. The zero-order valence-electron chi connectivity index (χ0n) is 9.27. The summed E-state index contributed by atoms with van der Waals surface area (Å²) in [4.78, 5) is 17.8. The standard InChI is InChI=1S/C12H13BrN2O2/c13-10-9(2-1-5-14-10)11(16)15-6-12(17,7-15)8-3-4-8/h1-2,5,8,17H,3-4,6-7H2. The zero-order valence-corrected chi connectivity index (χ0v) is 10.9. The van der Waals surface area contributed by atoms with Gasteiger partial charge in [-0.15, -0.1) is 0 Å². The fourth-order valence-electron chi connectivity index (χ4n) is 2.35. The zero-order chi connectivity index (χ0) is 12.0. The molecule has 1 aliphatic carbocycles. The van der Waals surface area contributed by atoms with E-state index in [0.29, 0.717) is 29.2 Å². The van der Waals surface area contributed by atoms with Crippen LogP contribution in [0.1, 0.15) is 23.2 Å². The van der Waals surface area contributed by atoms with Gasteiger partial charge >= 0.3 is 0 Å². The molecule has 3 rings (SSSR count). The summed E-state index contributed by atoms with van der Waals surface area (Å²) >= 11 is 3.27. The Kier molecular flexibility index (Phi) is 2.48. The molecule has 0 radical (unpaired) electrons. The van der Waals surface area contributed by atoms with Crippen molar-refractivity contribution in [3.63, 3.8) is 0 Å². The van der Waals surface area contributed by atoms with Crippen molar-refractivity contribution in [3.05, 3.63) is 28.5 Å². The van der Waals surface area contributed by atoms with E-state index in [1.165, 1.54) is 0 Å². The highest BCUT2D eigenvalue weighted by Crippen LogP contribution is 2.44. The van der Waals surface area contributed by atoms with Crippen LogP contribution in [0.2, 0.25) is 0 Å². The minimum absolute atomic E-state index is 0.0599. The van der Waals surface area contributed by atoms with Crippen LogP contribution in [0.4, 0.5) is 0 Å². The van der Waals surface area contributed by atoms with Crippen LogP contribution >= 0.6 is 15.9 Å². The Balaban J connectivity index is 1.71.